The molecule has 0 bridgehead atoms. The first-order chi connectivity index (χ1) is 19.0. The van der Waals surface area contributed by atoms with Gasteiger partial charge < -0.3 is 4.57 Å². The molecule has 4 aromatic rings. The van der Waals surface area contributed by atoms with Crippen LogP contribution in [0.4, 0.5) is 0 Å². The predicted molar refractivity (Wildman–Crippen MR) is 159 cm³/mol. The Morgan fingerprint density at radius 3 is 2.05 bits per heavy atom. The molecule has 6 nitrogen and oxygen atoms in total. The summed E-state index contributed by atoms with van der Waals surface area (Å²) in [6.45, 7) is 10.2. The second kappa shape index (κ2) is 12.4. The number of carbonyl (C=O) groups excluding carboxylic acids is 1. The van der Waals surface area contributed by atoms with Gasteiger partial charge in [-0.25, -0.2) is 5.43 Å². The fourth-order valence-electron chi connectivity index (χ4n) is 5.10. The van der Waals surface area contributed by atoms with Crippen molar-refractivity contribution in [2.45, 2.75) is 26.9 Å². The number of hydrogen-bond donors (Lipinski definition) is 1. The Hall–Kier alpha value is -3.71. The molecule has 1 aromatic heterocycles. The molecule has 0 saturated carbocycles. The smallest absolute Gasteiger partial charge is 0.271 e. The van der Waals surface area contributed by atoms with E-state index in [1.807, 2.05) is 62.4 Å². The highest BCUT2D eigenvalue weighted by Gasteiger charge is 2.17. The molecule has 0 spiro atoms. The number of aromatic nitrogens is 1. The second-order valence-corrected chi connectivity index (χ2v) is 10.5. The van der Waals surface area contributed by atoms with Crippen molar-refractivity contribution < 1.29 is 4.79 Å². The molecule has 2 heterocycles. The third-order valence-corrected chi connectivity index (χ3v) is 7.51. The first-order valence-electron chi connectivity index (χ1n) is 13.3. The lowest BCUT2D eigenvalue weighted by Crippen LogP contribution is -2.45. The molecule has 1 fully saturated rings. The number of nitrogens with zero attached hydrogens (tertiary/aromatic N) is 4. The van der Waals surface area contributed by atoms with Crippen LogP contribution in [0.3, 0.4) is 0 Å². The van der Waals surface area contributed by atoms with Gasteiger partial charge in [0.25, 0.3) is 5.91 Å². The highest BCUT2D eigenvalue weighted by atomic mass is 35.5. The minimum absolute atomic E-state index is 0.223. The van der Waals surface area contributed by atoms with Gasteiger partial charge in [-0.05, 0) is 67.4 Å². The maximum absolute atomic E-state index is 12.7. The molecule has 1 aliphatic rings. The van der Waals surface area contributed by atoms with Gasteiger partial charge in [-0.15, -0.1) is 0 Å². The van der Waals surface area contributed by atoms with Gasteiger partial charge in [0, 0.05) is 72.5 Å². The molecule has 39 heavy (non-hydrogen) atoms. The van der Waals surface area contributed by atoms with Gasteiger partial charge in [-0.3, -0.25) is 14.6 Å². The molecular formula is C32H34ClN5O. The summed E-state index contributed by atoms with van der Waals surface area (Å²) in [6, 6.07) is 28.2. The Bertz CT molecular complexity index is 1420. The molecule has 0 radical (unpaired) electrons. The van der Waals surface area contributed by atoms with Crippen molar-refractivity contribution >= 4 is 23.7 Å². The van der Waals surface area contributed by atoms with Crippen LogP contribution in [0, 0.1) is 13.8 Å². The van der Waals surface area contributed by atoms with Crippen LogP contribution in [0.15, 0.2) is 90.0 Å². The summed E-state index contributed by atoms with van der Waals surface area (Å²) < 4.78 is 2.14. The minimum Gasteiger partial charge on any atom is -0.318 e. The third-order valence-electron chi connectivity index (χ3n) is 7.26. The summed E-state index contributed by atoms with van der Waals surface area (Å²) in [5.74, 6) is -0.223. The lowest BCUT2D eigenvalue weighted by atomic mass is 10.1. The molecule has 1 N–H and O–H groups in total. The number of benzene rings is 3. The largest absolute Gasteiger partial charge is 0.318 e. The molecule has 7 heteroatoms. The van der Waals surface area contributed by atoms with Crippen molar-refractivity contribution in [3.8, 4) is 5.69 Å². The lowest BCUT2D eigenvalue weighted by molar-refractivity contribution is 0.0955. The van der Waals surface area contributed by atoms with Crippen molar-refractivity contribution in [3.05, 3.63) is 124 Å². The second-order valence-electron chi connectivity index (χ2n) is 10.1. The molecule has 200 valence electrons. The summed E-state index contributed by atoms with van der Waals surface area (Å²) in [5, 5.41) is 4.93. The number of piperazine rings is 1. The number of hydrogen-bond acceptors (Lipinski definition) is 4. The number of carbonyl (C=O) groups is 1. The Morgan fingerprint density at radius 2 is 1.44 bits per heavy atom. The predicted octanol–water partition coefficient (Wildman–Crippen LogP) is 5.83. The van der Waals surface area contributed by atoms with E-state index in [1.165, 1.54) is 11.1 Å². The van der Waals surface area contributed by atoms with E-state index in [2.05, 4.69) is 61.3 Å². The SMILES string of the molecule is Cc1cc(/C=N/NC(=O)c2ccc(CN3CCN(Cc4ccccc4)CC3)cc2)c(C)n1-c1ccc(Cl)cc1. The Balaban J connectivity index is 1.11. The van der Waals surface area contributed by atoms with Gasteiger partial charge in [0.15, 0.2) is 0 Å². The van der Waals surface area contributed by atoms with E-state index in [0.29, 0.717) is 10.6 Å². The number of nitrogens with one attached hydrogen (secondary N) is 1. The monoisotopic (exact) mass is 539 g/mol. The summed E-state index contributed by atoms with van der Waals surface area (Å²) in [4.78, 5) is 17.7. The number of rotatable bonds is 8. The molecule has 1 saturated heterocycles. The lowest BCUT2D eigenvalue weighted by Gasteiger charge is -2.34. The highest BCUT2D eigenvalue weighted by Crippen LogP contribution is 2.21. The van der Waals surface area contributed by atoms with Crippen molar-refractivity contribution in [1.29, 1.82) is 0 Å². The highest BCUT2D eigenvalue weighted by molar-refractivity contribution is 6.30. The van der Waals surface area contributed by atoms with Crippen LogP contribution in [0.1, 0.15) is 38.4 Å². The van der Waals surface area contributed by atoms with Gasteiger partial charge in [0.2, 0.25) is 0 Å². The molecule has 0 aliphatic carbocycles. The zero-order valence-corrected chi connectivity index (χ0v) is 23.2. The van der Waals surface area contributed by atoms with Crippen LogP contribution in [0.25, 0.3) is 5.69 Å². The van der Waals surface area contributed by atoms with Crippen molar-refractivity contribution in [3.63, 3.8) is 0 Å². The van der Waals surface area contributed by atoms with Crippen LogP contribution >= 0.6 is 11.6 Å². The molecule has 5 rings (SSSR count). The maximum Gasteiger partial charge on any atom is 0.271 e. The van der Waals surface area contributed by atoms with E-state index in [4.69, 9.17) is 11.6 Å². The Morgan fingerprint density at radius 1 is 0.846 bits per heavy atom. The van der Waals surface area contributed by atoms with E-state index in [1.54, 1.807) is 6.21 Å². The van der Waals surface area contributed by atoms with Gasteiger partial charge >= 0.3 is 0 Å². The third kappa shape index (κ3) is 6.84. The zero-order chi connectivity index (χ0) is 27.2. The summed E-state index contributed by atoms with van der Waals surface area (Å²) in [7, 11) is 0. The molecule has 0 unspecified atom stereocenters. The fourth-order valence-corrected chi connectivity index (χ4v) is 5.22. The number of amides is 1. The van der Waals surface area contributed by atoms with E-state index >= 15 is 0 Å². The van der Waals surface area contributed by atoms with Crippen molar-refractivity contribution in [2.75, 3.05) is 26.2 Å². The Kier molecular flexibility index (Phi) is 8.57. The summed E-state index contributed by atoms with van der Waals surface area (Å²) >= 11 is 6.04. The average molecular weight is 540 g/mol. The van der Waals surface area contributed by atoms with Crippen molar-refractivity contribution in [1.82, 2.24) is 19.8 Å². The standard InChI is InChI=1S/C32H34ClN5O/c1-24-20-29(25(2)38(24)31-14-12-30(33)13-15-31)21-34-35-32(39)28-10-8-27(9-11-28)23-37-18-16-36(17-19-37)22-26-6-4-3-5-7-26/h3-15,20-21H,16-19,22-23H2,1-2H3,(H,35,39)/b34-21+. The van der Waals surface area contributed by atoms with Crippen LogP contribution in [0.5, 0.6) is 0 Å². The summed E-state index contributed by atoms with van der Waals surface area (Å²) in [6.07, 6.45) is 1.69. The van der Waals surface area contributed by atoms with Crippen LogP contribution in [-0.4, -0.2) is 52.7 Å². The number of hydrazone groups is 1. The molecular weight excluding hydrogens is 506 g/mol. The summed E-state index contributed by atoms with van der Waals surface area (Å²) in [5.41, 5.74) is 9.93. The van der Waals surface area contributed by atoms with E-state index in [-0.39, 0.29) is 5.91 Å². The molecule has 1 amide bonds. The van der Waals surface area contributed by atoms with Gasteiger partial charge in [-0.1, -0.05) is 54.1 Å². The Labute approximate surface area is 235 Å². The average Bonchev–Trinajstić information content (AvgIpc) is 3.23. The minimum atomic E-state index is -0.223. The normalized spacial score (nSPS) is 14.6. The van der Waals surface area contributed by atoms with E-state index in [9.17, 15) is 4.79 Å². The first kappa shape index (κ1) is 26.9. The topological polar surface area (TPSA) is 52.9 Å². The fraction of sp³-hybridized carbons (Fsp3) is 0.250. The van der Waals surface area contributed by atoms with Crippen LogP contribution < -0.4 is 5.43 Å². The van der Waals surface area contributed by atoms with Gasteiger partial charge in [0.05, 0.1) is 6.21 Å². The molecule has 0 atom stereocenters. The van der Waals surface area contributed by atoms with Crippen molar-refractivity contribution in [2.24, 2.45) is 5.10 Å². The van der Waals surface area contributed by atoms with Crippen LogP contribution in [0.2, 0.25) is 5.02 Å². The van der Waals surface area contributed by atoms with Gasteiger partial charge in [-0.2, -0.15) is 5.10 Å². The molecule has 3 aromatic carbocycles. The number of aryl methyl sites for hydroxylation is 1. The zero-order valence-electron chi connectivity index (χ0n) is 22.5. The first-order valence-corrected chi connectivity index (χ1v) is 13.7. The van der Waals surface area contributed by atoms with Gasteiger partial charge in [0.1, 0.15) is 0 Å². The number of halogens is 1. The maximum atomic E-state index is 12.7. The van der Waals surface area contributed by atoms with E-state index < -0.39 is 0 Å². The molecule has 1 aliphatic heterocycles. The van der Waals surface area contributed by atoms with Crippen LogP contribution in [-0.2, 0) is 13.1 Å². The van der Waals surface area contributed by atoms with E-state index in [0.717, 1.165) is 61.9 Å². The quantitative estimate of drug-likeness (QED) is 0.226.